The van der Waals surface area contributed by atoms with Crippen LogP contribution in [0.15, 0.2) is 42.5 Å². The van der Waals surface area contributed by atoms with Gasteiger partial charge in [0.15, 0.2) is 11.5 Å². The SMILES string of the molecule is CCN(Cc1ccc(OC)c(OC)c1)C(=O)CCc1ccc(Cl)cc1. The number of nitrogens with zero attached hydrogens (tertiary/aromatic N) is 1. The van der Waals surface area contributed by atoms with Crippen molar-refractivity contribution in [2.75, 3.05) is 20.8 Å². The first-order valence-electron chi connectivity index (χ1n) is 8.30. The van der Waals surface area contributed by atoms with Crippen LogP contribution in [-0.4, -0.2) is 31.6 Å². The Morgan fingerprint density at radius 2 is 1.64 bits per heavy atom. The molecular weight excluding hydrogens is 338 g/mol. The average molecular weight is 362 g/mol. The summed E-state index contributed by atoms with van der Waals surface area (Å²) in [6.45, 7) is 3.20. The van der Waals surface area contributed by atoms with Crippen LogP contribution in [0.25, 0.3) is 0 Å². The van der Waals surface area contributed by atoms with Gasteiger partial charge in [0.1, 0.15) is 0 Å². The second kappa shape index (κ2) is 9.33. The molecule has 0 unspecified atom stereocenters. The summed E-state index contributed by atoms with van der Waals surface area (Å²) in [6, 6.07) is 13.3. The molecule has 0 heterocycles. The van der Waals surface area contributed by atoms with E-state index in [-0.39, 0.29) is 5.91 Å². The van der Waals surface area contributed by atoms with Crippen LogP contribution in [-0.2, 0) is 17.8 Å². The summed E-state index contributed by atoms with van der Waals surface area (Å²) in [5, 5.41) is 0.707. The van der Waals surface area contributed by atoms with Crippen LogP contribution < -0.4 is 9.47 Å². The van der Waals surface area contributed by atoms with Crippen LogP contribution in [0, 0.1) is 0 Å². The molecule has 0 spiro atoms. The van der Waals surface area contributed by atoms with Crippen LogP contribution in [0.1, 0.15) is 24.5 Å². The number of rotatable bonds is 8. The van der Waals surface area contributed by atoms with E-state index >= 15 is 0 Å². The third kappa shape index (κ3) is 5.40. The Hall–Kier alpha value is -2.20. The molecule has 1 amide bonds. The van der Waals surface area contributed by atoms with Gasteiger partial charge in [-0.15, -0.1) is 0 Å². The van der Waals surface area contributed by atoms with Crippen LogP contribution in [0.3, 0.4) is 0 Å². The number of halogens is 1. The molecule has 0 aliphatic heterocycles. The van der Waals surface area contributed by atoms with Crippen molar-refractivity contribution in [1.82, 2.24) is 4.90 Å². The van der Waals surface area contributed by atoms with E-state index < -0.39 is 0 Å². The Bertz CT molecular complexity index is 701. The largest absolute Gasteiger partial charge is 0.493 e. The van der Waals surface area contributed by atoms with Crippen LogP contribution in [0.2, 0.25) is 5.02 Å². The van der Waals surface area contributed by atoms with Crippen molar-refractivity contribution in [3.8, 4) is 11.5 Å². The second-order valence-electron chi connectivity index (χ2n) is 5.72. The third-order valence-corrected chi connectivity index (χ3v) is 4.35. The molecule has 2 rings (SSSR count). The predicted octanol–water partition coefficient (Wildman–Crippen LogP) is 4.34. The zero-order chi connectivity index (χ0) is 18.2. The highest BCUT2D eigenvalue weighted by molar-refractivity contribution is 6.30. The topological polar surface area (TPSA) is 38.8 Å². The molecule has 0 aliphatic rings. The van der Waals surface area contributed by atoms with E-state index in [0.29, 0.717) is 42.5 Å². The van der Waals surface area contributed by atoms with Gasteiger partial charge < -0.3 is 14.4 Å². The highest BCUT2D eigenvalue weighted by Crippen LogP contribution is 2.28. The Labute approximate surface area is 154 Å². The summed E-state index contributed by atoms with van der Waals surface area (Å²) in [4.78, 5) is 14.4. The summed E-state index contributed by atoms with van der Waals surface area (Å²) >= 11 is 5.89. The van der Waals surface area contributed by atoms with Gasteiger partial charge in [-0.05, 0) is 48.7 Å². The highest BCUT2D eigenvalue weighted by Gasteiger charge is 2.14. The molecule has 2 aromatic carbocycles. The molecular formula is C20H24ClNO3. The number of amides is 1. The van der Waals surface area contributed by atoms with E-state index in [1.54, 1.807) is 14.2 Å². The van der Waals surface area contributed by atoms with Gasteiger partial charge in [-0.3, -0.25) is 4.79 Å². The maximum absolute atomic E-state index is 12.5. The molecule has 0 aromatic heterocycles. The van der Waals surface area contributed by atoms with Gasteiger partial charge in [-0.2, -0.15) is 0 Å². The summed E-state index contributed by atoms with van der Waals surface area (Å²) in [6.07, 6.45) is 1.18. The van der Waals surface area contributed by atoms with E-state index in [2.05, 4.69) is 0 Å². The fraction of sp³-hybridized carbons (Fsp3) is 0.350. The first-order valence-corrected chi connectivity index (χ1v) is 8.68. The molecule has 0 saturated carbocycles. The Kier molecular flexibility index (Phi) is 7.14. The number of aryl methyl sites for hydroxylation is 1. The summed E-state index contributed by atoms with van der Waals surface area (Å²) in [7, 11) is 3.21. The minimum Gasteiger partial charge on any atom is -0.493 e. The summed E-state index contributed by atoms with van der Waals surface area (Å²) in [5.74, 6) is 1.49. The molecule has 4 nitrogen and oxygen atoms in total. The van der Waals surface area contributed by atoms with Crippen LogP contribution >= 0.6 is 11.6 Å². The van der Waals surface area contributed by atoms with Gasteiger partial charge >= 0.3 is 0 Å². The average Bonchev–Trinajstić information content (AvgIpc) is 2.65. The van der Waals surface area contributed by atoms with E-state index in [0.717, 1.165) is 11.1 Å². The van der Waals surface area contributed by atoms with Gasteiger partial charge in [0.25, 0.3) is 0 Å². The zero-order valence-electron chi connectivity index (χ0n) is 14.9. The number of ether oxygens (including phenoxy) is 2. The van der Waals surface area contributed by atoms with Crippen LogP contribution in [0.5, 0.6) is 11.5 Å². The Morgan fingerprint density at radius 1 is 1.00 bits per heavy atom. The van der Waals surface area contributed by atoms with Crippen molar-refractivity contribution in [3.05, 3.63) is 58.6 Å². The van der Waals surface area contributed by atoms with Crippen molar-refractivity contribution in [1.29, 1.82) is 0 Å². The molecule has 0 atom stereocenters. The van der Waals surface area contributed by atoms with Gasteiger partial charge in [0, 0.05) is 24.5 Å². The smallest absolute Gasteiger partial charge is 0.223 e. The van der Waals surface area contributed by atoms with E-state index in [4.69, 9.17) is 21.1 Å². The lowest BCUT2D eigenvalue weighted by Crippen LogP contribution is -2.30. The number of benzene rings is 2. The van der Waals surface area contributed by atoms with Gasteiger partial charge in [-0.25, -0.2) is 0 Å². The first kappa shape index (κ1) is 19.1. The fourth-order valence-corrected chi connectivity index (χ4v) is 2.76. The standard InChI is InChI=1S/C20H24ClNO3/c1-4-22(14-16-7-11-18(24-2)19(13-16)25-3)20(23)12-8-15-5-9-17(21)10-6-15/h5-7,9-11,13H,4,8,12,14H2,1-3H3. The number of carbonyl (C=O) groups is 1. The lowest BCUT2D eigenvalue weighted by molar-refractivity contribution is -0.131. The minimum absolute atomic E-state index is 0.132. The molecule has 0 aliphatic carbocycles. The lowest BCUT2D eigenvalue weighted by atomic mass is 10.1. The molecule has 0 N–H and O–H groups in total. The highest BCUT2D eigenvalue weighted by atomic mass is 35.5. The van der Waals surface area contributed by atoms with Crippen molar-refractivity contribution >= 4 is 17.5 Å². The van der Waals surface area contributed by atoms with Crippen molar-refractivity contribution < 1.29 is 14.3 Å². The molecule has 0 saturated heterocycles. The molecule has 0 radical (unpaired) electrons. The minimum atomic E-state index is 0.132. The molecule has 5 heteroatoms. The second-order valence-corrected chi connectivity index (χ2v) is 6.16. The van der Waals surface area contributed by atoms with E-state index in [1.165, 1.54) is 0 Å². The van der Waals surface area contributed by atoms with Gasteiger partial charge in [0.2, 0.25) is 5.91 Å². The molecule has 0 fully saturated rings. The maximum Gasteiger partial charge on any atom is 0.223 e. The molecule has 2 aromatic rings. The quantitative estimate of drug-likeness (QED) is 0.702. The number of hydrogen-bond donors (Lipinski definition) is 0. The fourth-order valence-electron chi connectivity index (χ4n) is 2.64. The van der Waals surface area contributed by atoms with Crippen molar-refractivity contribution in [2.45, 2.75) is 26.3 Å². The number of hydrogen-bond acceptors (Lipinski definition) is 3. The lowest BCUT2D eigenvalue weighted by Gasteiger charge is -2.21. The molecule has 134 valence electrons. The number of methoxy groups -OCH3 is 2. The predicted molar refractivity (Wildman–Crippen MR) is 100 cm³/mol. The Balaban J connectivity index is 1.98. The van der Waals surface area contributed by atoms with E-state index in [1.807, 2.05) is 54.3 Å². The van der Waals surface area contributed by atoms with Gasteiger partial charge in [-0.1, -0.05) is 29.8 Å². The molecule has 0 bridgehead atoms. The zero-order valence-corrected chi connectivity index (χ0v) is 15.7. The van der Waals surface area contributed by atoms with E-state index in [9.17, 15) is 4.79 Å². The van der Waals surface area contributed by atoms with Crippen molar-refractivity contribution in [3.63, 3.8) is 0 Å². The third-order valence-electron chi connectivity index (χ3n) is 4.10. The number of carbonyl (C=O) groups excluding carboxylic acids is 1. The first-order chi connectivity index (χ1) is 12.1. The summed E-state index contributed by atoms with van der Waals surface area (Å²) in [5.41, 5.74) is 2.12. The summed E-state index contributed by atoms with van der Waals surface area (Å²) < 4.78 is 10.6. The monoisotopic (exact) mass is 361 g/mol. The maximum atomic E-state index is 12.5. The van der Waals surface area contributed by atoms with Gasteiger partial charge in [0.05, 0.1) is 14.2 Å². The van der Waals surface area contributed by atoms with Crippen molar-refractivity contribution in [2.24, 2.45) is 0 Å². The molecule has 25 heavy (non-hydrogen) atoms. The normalized spacial score (nSPS) is 10.4. The van der Waals surface area contributed by atoms with Crippen LogP contribution in [0.4, 0.5) is 0 Å². The Morgan fingerprint density at radius 3 is 2.24 bits per heavy atom.